The summed E-state index contributed by atoms with van der Waals surface area (Å²) >= 11 is 0. The van der Waals surface area contributed by atoms with Gasteiger partial charge in [0.2, 0.25) is 0 Å². The minimum absolute atomic E-state index is 0.104. The molecule has 0 aliphatic heterocycles. The molecule has 0 spiro atoms. The van der Waals surface area contributed by atoms with Crippen molar-refractivity contribution < 1.29 is 19.4 Å². The molecule has 0 fully saturated rings. The second kappa shape index (κ2) is 4.97. The molecule has 0 radical (unpaired) electrons. The van der Waals surface area contributed by atoms with Crippen LogP contribution in [-0.2, 0) is 4.79 Å². The highest BCUT2D eigenvalue weighted by molar-refractivity contribution is 5.93. The fraction of sp³-hybridized carbons (Fsp3) is 0.167. The van der Waals surface area contributed by atoms with Gasteiger partial charge < -0.3 is 15.5 Å². The second-order valence-corrected chi connectivity index (χ2v) is 3.72. The summed E-state index contributed by atoms with van der Waals surface area (Å²) in [6, 6.07) is 4.92. The van der Waals surface area contributed by atoms with Crippen LogP contribution in [0.5, 0.6) is 0 Å². The van der Waals surface area contributed by atoms with Crippen LogP contribution >= 0.6 is 0 Å². The summed E-state index contributed by atoms with van der Waals surface area (Å²) in [7, 11) is 0. The number of hydrogen-bond donors (Lipinski definition) is 3. The average Bonchev–Trinajstić information content (AvgIpc) is 2.35. The maximum atomic E-state index is 13.7. The van der Waals surface area contributed by atoms with Gasteiger partial charge in [0.1, 0.15) is 17.7 Å². The molecule has 0 aliphatic rings. The van der Waals surface area contributed by atoms with Gasteiger partial charge in [0.25, 0.3) is 0 Å². The van der Waals surface area contributed by atoms with Crippen molar-refractivity contribution in [2.45, 2.75) is 6.04 Å². The zero-order chi connectivity index (χ0) is 13.1. The number of nitrogens with one attached hydrogen (secondary N) is 1. The number of fused-ring (bicyclic) bond motifs is 1. The molecular formula is C12H11FN2O3. The van der Waals surface area contributed by atoms with Crippen LogP contribution in [0.4, 0.5) is 10.2 Å². The SMILES string of the molecule is O=C(O)C(CO)Nc1nccc2cccc(F)c12. The zero-order valence-electron chi connectivity index (χ0n) is 9.30. The highest BCUT2D eigenvalue weighted by atomic mass is 19.1. The molecule has 2 aromatic rings. The van der Waals surface area contributed by atoms with Gasteiger partial charge in [-0.25, -0.2) is 14.2 Å². The molecule has 0 amide bonds. The minimum Gasteiger partial charge on any atom is -0.480 e. The van der Waals surface area contributed by atoms with E-state index >= 15 is 0 Å². The Balaban J connectivity index is 2.48. The number of rotatable bonds is 4. The number of pyridine rings is 1. The lowest BCUT2D eigenvalue weighted by molar-refractivity contribution is -0.138. The minimum atomic E-state index is -1.23. The van der Waals surface area contributed by atoms with Crippen LogP contribution in [0.15, 0.2) is 30.5 Å². The van der Waals surface area contributed by atoms with Crippen LogP contribution in [0, 0.1) is 5.82 Å². The monoisotopic (exact) mass is 250 g/mol. The van der Waals surface area contributed by atoms with E-state index in [-0.39, 0.29) is 11.2 Å². The summed E-state index contributed by atoms with van der Waals surface area (Å²) in [5.41, 5.74) is 0. The molecule has 3 N–H and O–H groups in total. The second-order valence-electron chi connectivity index (χ2n) is 3.72. The highest BCUT2D eigenvalue weighted by Gasteiger charge is 2.18. The van der Waals surface area contributed by atoms with Crippen molar-refractivity contribution in [2.24, 2.45) is 0 Å². The fourth-order valence-corrected chi connectivity index (χ4v) is 1.65. The molecule has 1 aromatic carbocycles. The van der Waals surface area contributed by atoms with E-state index in [1.807, 2.05) is 0 Å². The molecule has 1 heterocycles. The van der Waals surface area contributed by atoms with E-state index in [2.05, 4.69) is 10.3 Å². The number of nitrogens with zero attached hydrogens (tertiary/aromatic N) is 1. The molecule has 2 rings (SSSR count). The van der Waals surface area contributed by atoms with Crippen LogP contribution in [0.1, 0.15) is 0 Å². The number of halogens is 1. The van der Waals surface area contributed by atoms with Gasteiger partial charge in [0.05, 0.1) is 12.0 Å². The first kappa shape index (κ1) is 12.3. The van der Waals surface area contributed by atoms with E-state index in [0.29, 0.717) is 5.39 Å². The van der Waals surface area contributed by atoms with E-state index < -0.39 is 24.4 Å². The number of aliphatic hydroxyl groups is 1. The summed E-state index contributed by atoms with van der Waals surface area (Å²) < 4.78 is 13.7. The Morgan fingerprint density at radius 3 is 2.89 bits per heavy atom. The lowest BCUT2D eigenvalue weighted by Gasteiger charge is -2.14. The molecule has 1 unspecified atom stereocenters. The van der Waals surface area contributed by atoms with Crippen LogP contribution in [0.25, 0.3) is 10.8 Å². The van der Waals surface area contributed by atoms with Gasteiger partial charge in [-0.3, -0.25) is 0 Å². The number of aliphatic hydroxyl groups excluding tert-OH is 1. The van der Waals surface area contributed by atoms with Gasteiger partial charge >= 0.3 is 5.97 Å². The molecule has 0 saturated carbocycles. The lowest BCUT2D eigenvalue weighted by atomic mass is 10.1. The molecule has 18 heavy (non-hydrogen) atoms. The summed E-state index contributed by atoms with van der Waals surface area (Å²) in [5.74, 6) is -1.62. The largest absolute Gasteiger partial charge is 0.480 e. The number of anilines is 1. The van der Waals surface area contributed by atoms with E-state index in [1.165, 1.54) is 12.3 Å². The number of carbonyl (C=O) groups is 1. The standard InChI is InChI=1S/C12H11FN2O3/c13-8-3-1-2-7-4-5-14-11(10(7)8)15-9(6-16)12(17)18/h1-5,9,16H,6H2,(H,14,15)(H,17,18). The first-order valence-electron chi connectivity index (χ1n) is 5.27. The van der Waals surface area contributed by atoms with Gasteiger partial charge in [-0.1, -0.05) is 12.1 Å². The predicted molar refractivity (Wildman–Crippen MR) is 63.8 cm³/mol. The van der Waals surface area contributed by atoms with Crippen molar-refractivity contribution in [3.8, 4) is 0 Å². The predicted octanol–water partition coefficient (Wildman–Crippen LogP) is 1.23. The Morgan fingerprint density at radius 1 is 1.44 bits per heavy atom. The van der Waals surface area contributed by atoms with Crippen molar-refractivity contribution in [1.82, 2.24) is 4.98 Å². The number of carboxylic acids is 1. The molecule has 5 nitrogen and oxygen atoms in total. The molecule has 1 atom stereocenters. The zero-order valence-corrected chi connectivity index (χ0v) is 9.30. The van der Waals surface area contributed by atoms with Crippen LogP contribution in [-0.4, -0.2) is 33.8 Å². The van der Waals surface area contributed by atoms with E-state index in [1.54, 1.807) is 18.2 Å². The average molecular weight is 250 g/mol. The highest BCUT2D eigenvalue weighted by Crippen LogP contribution is 2.24. The topological polar surface area (TPSA) is 82.5 Å². The van der Waals surface area contributed by atoms with Gasteiger partial charge in [-0.15, -0.1) is 0 Å². The first-order valence-corrected chi connectivity index (χ1v) is 5.27. The van der Waals surface area contributed by atoms with Crippen LogP contribution in [0.3, 0.4) is 0 Å². The first-order chi connectivity index (χ1) is 8.63. The maximum absolute atomic E-state index is 13.7. The van der Waals surface area contributed by atoms with Crippen molar-refractivity contribution >= 4 is 22.6 Å². The fourth-order valence-electron chi connectivity index (χ4n) is 1.65. The Hall–Kier alpha value is -2.21. The molecule has 0 saturated heterocycles. The van der Waals surface area contributed by atoms with Gasteiger partial charge in [-0.2, -0.15) is 0 Å². The quantitative estimate of drug-likeness (QED) is 0.760. The number of benzene rings is 1. The van der Waals surface area contributed by atoms with Crippen LogP contribution in [0.2, 0.25) is 0 Å². The molecular weight excluding hydrogens is 239 g/mol. The van der Waals surface area contributed by atoms with Crippen LogP contribution < -0.4 is 5.32 Å². The normalized spacial score (nSPS) is 12.3. The van der Waals surface area contributed by atoms with Crippen molar-refractivity contribution in [3.63, 3.8) is 0 Å². The number of hydrogen-bond acceptors (Lipinski definition) is 4. The van der Waals surface area contributed by atoms with Gasteiger partial charge in [0, 0.05) is 6.20 Å². The number of aliphatic carboxylic acids is 1. The lowest BCUT2D eigenvalue weighted by Crippen LogP contribution is -2.33. The van der Waals surface area contributed by atoms with Crippen molar-refractivity contribution in [1.29, 1.82) is 0 Å². The summed E-state index contributed by atoms with van der Waals surface area (Å²) in [6.45, 7) is -0.609. The molecule has 0 bridgehead atoms. The van der Waals surface area contributed by atoms with E-state index in [4.69, 9.17) is 10.2 Å². The molecule has 94 valence electrons. The third-order valence-corrected chi connectivity index (χ3v) is 2.53. The molecule has 1 aromatic heterocycles. The van der Waals surface area contributed by atoms with E-state index in [0.717, 1.165) is 0 Å². The summed E-state index contributed by atoms with van der Waals surface area (Å²) in [6.07, 6.45) is 1.44. The van der Waals surface area contributed by atoms with Gasteiger partial charge in [-0.05, 0) is 17.5 Å². The Bertz CT molecular complexity index is 583. The summed E-state index contributed by atoms with van der Waals surface area (Å²) in [5, 5.41) is 21.1. The third kappa shape index (κ3) is 2.23. The summed E-state index contributed by atoms with van der Waals surface area (Å²) in [4.78, 5) is 14.7. The third-order valence-electron chi connectivity index (χ3n) is 2.53. The van der Waals surface area contributed by atoms with Crippen molar-refractivity contribution in [2.75, 3.05) is 11.9 Å². The smallest absolute Gasteiger partial charge is 0.328 e. The van der Waals surface area contributed by atoms with Gasteiger partial charge in [0.15, 0.2) is 0 Å². The number of aromatic nitrogens is 1. The molecule has 6 heteroatoms. The van der Waals surface area contributed by atoms with Crippen molar-refractivity contribution in [3.05, 3.63) is 36.3 Å². The molecule has 0 aliphatic carbocycles. The Morgan fingerprint density at radius 2 is 2.22 bits per heavy atom. The maximum Gasteiger partial charge on any atom is 0.328 e. The Labute approximate surface area is 102 Å². The number of carboxylic acid groups (broad SMARTS) is 1. The van der Waals surface area contributed by atoms with E-state index in [9.17, 15) is 9.18 Å². The Kier molecular flexibility index (Phi) is 3.38.